The van der Waals surface area contributed by atoms with Crippen LogP contribution in [0.25, 0.3) is 0 Å². The number of nitrogens with zero attached hydrogens (tertiary/aromatic N) is 1. The minimum absolute atomic E-state index is 0.176. The Hall–Kier alpha value is -1.83. The summed E-state index contributed by atoms with van der Waals surface area (Å²) >= 11 is 12.4. The molecule has 2 N–H and O–H groups in total. The first-order valence-corrected chi connectivity index (χ1v) is 11.3. The molecule has 3 rings (SSSR count). The van der Waals surface area contributed by atoms with E-state index in [0.717, 1.165) is 12.0 Å². The third-order valence-electron chi connectivity index (χ3n) is 4.66. The highest BCUT2D eigenvalue weighted by molar-refractivity contribution is 7.92. The van der Waals surface area contributed by atoms with Gasteiger partial charge in [-0.05, 0) is 55.2 Å². The number of urea groups is 1. The van der Waals surface area contributed by atoms with Gasteiger partial charge >= 0.3 is 6.03 Å². The molecule has 1 saturated carbocycles. The van der Waals surface area contributed by atoms with Crippen molar-refractivity contribution in [1.29, 1.82) is 0 Å². The van der Waals surface area contributed by atoms with Crippen molar-refractivity contribution in [1.82, 2.24) is 10.3 Å². The molecule has 28 heavy (non-hydrogen) atoms. The Bertz CT molecular complexity index is 908. The van der Waals surface area contributed by atoms with Crippen LogP contribution in [0.2, 0.25) is 0 Å². The fraction of sp³-hybridized carbons (Fsp3) is 0.368. The zero-order valence-corrected chi connectivity index (χ0v) is 17.3. The Morgan fingerprint density at radius 1 is 1.14 bits per heavy atom. The lowest BCUT2D eigenvalue weighted by Crippen LogP contribution is -2.37. The first-order valence-electron chi connectivity index (χ1n) is 8.92. The number of alkyl halides is 2. The van der Waals surface area contributed by atoms with Gasteiger partial charge < -0.3 is 10.6 Å². The Balaban J connectivity index is 1.62. The average molecular weight is 442 g/mol. The maximum Gasteiger partial charge on any atom is 0.319 e. The lowest BCUT2D eigenvalue weighted by atomic mass is 9.99. The highest BCUT2D eigenvalue weighted by Gasteiger charge is 2.38. The molecule has 1 aromatic heterocycles. The number of aromatic nitrogens is 1. The van der Waals surface area contributed by atoms with E-state index in [1.807, 2.05) is 6.07 Å². The maximum absolute atomic E-state index is 12.9. The summed E-state index contributed by atoms with van der Waals surface area (Å²) in [5.41, 5.74) is 1.36. The second kappa shape index (κ2) is 9.11. The van der Waals surface area contributed by atoms with Gasteiger partial charge in [-0.25, -0.2) is 13.2 Å². The van der Waals surface area contributed by atoms with Crippen LogP contribution in [0.3, 0.4) is 0 Å². The normalized spacial score (nSPS) is 22.4. The van der Waals surface area contributed by atoms with Crippen LogP contribution in [-0.4, -0.2) is 35.4 Å². The number of hydrogen-bond donors (Lipinski definition) is 2. The topological polar surface area (TPSA) is 88.2 Å². The number of hydrogen-bond acceptors (Lipinski definition) is 4. The quantitative estimate of drug-likeness (QED) is 0.687. The lowest BCUT2D eigenvalue weighted by Gasteiger charge is -2.29. The lowest BCUT2D eigenvalue weighted by molar-refractivity contribution is 0.251. The van der Waals surface area contributed by atoms with E-state index in [9.17, 15) is 13.2 Å². The number of nitrogens with one attached hydrogen (secondary N) is 2. The van der Waals surface area contributed by atoms with Crippen molar-refractivity contribution >= 4 is 44.8 Å². The largest absolute Gasteiger partial charge is 0.334 e. The van der Waals surface area contributed by atoms with Crippen LogP contribution in [0.4, 0.5) is 10.5 Å². The molecule has 0 radical (unpaired) electrons. The molecule has 3 unspecified atom stereocenters. The molecule has 9 heteroatoms. The van der Waals surface area contributed by atoms with Crippen LogP contribution >= 0.6 is 23.2 Å². The number of carbonyl (C=O) groups is 1. The summed E-state index contributed by atoms with van der Waals surface area (Å²) in [5, 5.41) is 4.06. The minimum atomic E-state index is -3.59. The SMILES string of the molecule is O=C(NCc1cccnc1)Nc1ccc(S(=O)(=O)C2CC(Cl)CCC2Cl)cc1. The van der Waals surface area contributed by atoms with Gasteiger partial charge in [0.15, 0.2) is 9.84 Å². The highest BCUT2D eigenvalue weighted by Crippen LogP contribution is 2.34. The third-order valence-corrected chi connectivity index (χ3v) is 7.98. The van der Waals surface area contributed by atoms with Crippen molar-refractivity contribution in [2.45, 2.75) is 46.7 Å². The molecule has 1 aliphatic rings. The van der Waals surface area contributed by atoms with Crippen molar-refractivity contribution in [3.05, 3.63) is 54.4 Å². The van der Waals surface area contributed by atoms with Gasteiger partial charge in [0, 0.05) is 30.0 Å². The van der Waals surface area contributed by atoms with Gasteiger partial charge in [-0.15, -0.1) is 23.2 Å². The molecule has 0 spiro atoms. The summed E-state index contributed by atoms with van der Waals surface area (Å²) in [6.45, 7) is 0.338. The Kier molecular flexibility index (Phi) is 6.80. The van der Waals surface area contributed by atoms with E-state index in [4.69, 9.17) is 23.2 Å². The zero-order valence-electron chi connectivity index (χ0n) is 15.0. The van der Waals surface area contributed by atoms with E-state index in [-0.39, 0.29) is 10.3 Å². The van der Waals surface area contributed by atoms with Crippen molar-refractivity contribution in [2.75, 3.05) is 5.32 Å². The zero-order chi connectivity index (χ0) is 20.1. The molecule has 0 aliphatic heterocycles. The van der Waals surface area contributed by atoms with Gasteiger partial charge in [-0.3, -0.25) is 4.98 Å². The Morgan fingerprint density at radius 2 is 1.89 bits per heavy atom. The van der Waals surface area contributed by atoms with Crippen molar-refractivity contribution in [3.63, 3.8) is 0 Å². The number of halogens is 2. The number of rotatable bonds is 5. The van der Waals surface area contributed by atoms with Crippen LogP contribution in [0.5, 0.6) is 0 Å². The monoisotopic (exact) mass is 441 g/mol. The van der Waals surface area contributed by atoms with Crippen LogP contribution in [0.1, 0.15) is 24.8 Å². The molecule has 1 fully saturated rings. The van der Waals surface area contributed by atoms with Gasteiger partial charge in [0.25, 0.3) is 0 Å². The molecule has 1 aliphatic carbocycles. The summed E-state index contributed by atoms with van der Waals surface area (Å²) in [5.74, 6) is 0. The molecular weight excluding hydrogens is 421 g/mol. The summed E-state index contributed by atoms with van der Waals surface area (Å²) in [6.07, 6.45) is 4.97. The van der Waals surface area contributed by atoms with Gasteiger partial charge in [-0.2, -0.15) is 0 Å². The second-order valence-corrected chi connectivity index (χ2v) is 10.0. The second-order valence-electron chi connectivity index (χ2n) is 6.70. The molecule has 2 amide bonds. The standard InChI is InChI=1S/C19H21Cl2N3O3S/c20-14-3-8-17(21)18(10-14)28(26,27)16-6-4-15(5-7-16)24-19(25)23-12-13-2-1-9-22-11-13/h1-2,4-7,9,11,14,17-18H,3,8,10,12H2,(H2,23,24,25). The van der Waals surface area contributed by atoms with Crippen molar-refractivity contribution < 1.29 is 13.2 Å². The predicted octanol–water partition coefficient (Wildman–Crippen LogP) is 3.94. The van der Waals surface area contributed by atoms with Crippen LogP contribution in [-0.2, 0) is 16.4 Å². The van der Waals surface area contributed by atoms with Crippen LogP contribution in [0, 0.1) is 0 Å². The molecule has 0 bridgehead atoms. The van der Waals surface area contributed by atoms with Crippen molar-refractivity contribution in [2.24, 2.45) is 0 Å². The Morgan fingerprint density at radius 3 is 2.57 bits per heavy atom. The van der Waals surface area contributed by atoms with E-state index < -0.39 is 26.5 Å². The summed E-state index contributed by atoms with van der Waals surface area (Å²) in [4.78, 5) is 16.2. The minimum Gasteiger partial charge on any atom is -0.334 e. The van der Waals surface area contributed by atoms with Gasteiger partial charge in [0.05, 0.1) is 15.5 Å². The van der Waals surface area contributed by atoms with Crippen LogP contribution in [0.15, 0.2) is 53.7 Å². The maximum atomic E-state index is 12.9. The predicted molar refractivity (Wildman–Crippen MR) is 111 cm³/mol. The number of sulfone groups is 1. The van der Waals surface area contributed by atoms with Gasteiger partial charge in [0.1, 0.15) is 0 Å². The smallest absolute Gasteiger partial charge is 0.319 e. The summed E-state index contributed by atoms with van der Waals surface area (Å²) in [7, 11) is -3.59. The molecule has 0 saturated heterocycles. The van der Waals surface area contributed by atoms with E-state index >= 15 is 0 Å². The summed E-state index contributed by atoms with van der Waals surface area (Å²) < 4.78 is 25.8. The van der Waals surface area contributed by atoms with Crippen molar-refractivity contribution in [3.8, 4) is 0 Å². The first-order chi connectivity index (χ1) is 13.4. The average Bonchev–Trinajstić information content (AvgIpc) is 2.69. The fourth-order valence-electron chi connectivity index (χ4n) is 3.13. The van der Waals surface area contributed by atoms with E-state index in [2.05, 4.69) is 15.6 Å². The molecule has 150 valence electrons. The Labute approximate surface area is 174 Å². The van der Waals surface area contributed by atoms with Crippen LogP contribution < -0.4 is 10.6 Å². The third kappa shape index (κ3) is 5.16. The molecule has 6 nitrogen and oxygen atoms in total. The van der Waals surface area contributed by atoms with Gasteiger partial charge in [0.2, 0.25) is 0 Å². The number of benzene rings is 1. The number of pyridine rings is 1. The highest BCUT2D eigenvalue weighted by atomic mass is 35.5. The number of amides is 2. The van der Waals surface area contributed by atoms with E-state index in [1.165, 1.54) is 12.1 Å². The molecule has 1 aromatic carbocycles. The molecule has 3 atom stereocenters. The summed E-state index contributed by atoms with van der Waals surface area (Å²) in [6, 6.07) is 9.33. The number of anilines is 1. The molecule has 2 aromatic rings. The number of carbonyl (C=O) groups excluding carboxylic acids is 1. The first kappa shape index (κ1) is 20.9. The van der Waals surface area contributed by atoms with E-state index in [0.29, 0.717) is 25.1 Å². The molecular formula is C19H21Cl2N3O3S. The fourth-order valence-corrected chi connectivity index (χ4v) is 6.06. The molecule has 1 heterocycles. The van der Waals surface area contributed by atoms with E-state index in [1.54, 1.807) is 30.6 Å². The van der Waals surface area contributed by atoms with Gasteiger partial charge in [-0.1, -0.05) is 6.07 Å².